The highest BCUT2D eigenvalue weighted by Gasteiger charge is 2.24. The minimum atomic E-state index is 0.542. The van der Waals surface area contributed by atoms with Crippen LogP contribution in [0.2, 0.25) is 0 Å². The highest BCUT2D eigenvalue weighted by atomic mass is 32.1. The summed E-state index contributed by atoms with van der Waals surface area (Å²) in [5.41, 5.74) is 1.31. The molecule has 1 unspecified atom stereocenters. The van der Waals surface area contributed by atoms with Crippen molar-refractivity contribution in [3.05, 3.63) is 15.3 Å². The van der Waals surface area contributed by atoms with Gasteiger partial charge in [0.05, 0.1) is 6.17 Å². The zero-order valence-corrected chi connectivity index (χ0v) is 12.9. The van der Waals surface area contributed by atoms with Gasteiger partial charge in [0.2, 0.25) is 0 Å². The smallest absolute Gasteiger partial charge is 0.136 e. The molecule has 102 valence electrons. The Morgan fingerprint density at radius 3 is 2.44 bits per heavy atom. The van der Waals surface area contributed by atoms with Gasteiger partial charge in [-0.15, -0.1) is 11.3 Å². The van der Waals surface area contributed by atoms with Crippen LogP contribution in [0.5, 0.6) is 5.75 Å². The first-order valence-corrected chi connectivity index (χ1v) is 7.46. The number of likely N-dealkylation sites (N-methyl/N-ethyl adjacent to an activating group) is 1. The Labute approximate surface area is 114 Å². The van der Waals surface area contributed by atoms with Crippen molar-refractivity contribution in [2.24, 2.45) is 0 Å². The molecule has 1 atom stereocenters. The average molecular weight is 268 g/mol. The number of aryl methyl sites for hydroxylation is 2. The summed E-state index contributed by atoms with van der Waals surface area (Å²) in [6.07, 6.45) is 0.542. The SMILES string of the molecule is Cc1sc(C)c(OCCN2CCN(C)C2C)c1C. The fourth-order valence-electron chi connectivity index (χ4n) is 2.49. The maximum Gasteiger partial charge on any atom is 0.136 e. The summed E-state index contributed by atoms with van der Waals surface area (Å²) in [7, 11) is 2.18. The van der Waals surface area contributed by atoms with Crippen LogP contribution < -0.4 is 4.74 Å². The molecular weight excluding hydrogens is 244 g/mol. The fraction of sp³-hybridized carbons (Fsp3) is 0.714. The Bertz CT molecular complexity index is 416. The summed E-state index contributed by atoms with van der Waals surface area (Å²) in [6, 6.07) is 0. The first-order chi connectivity index (χ1) is 8.50. The van der Waals surface area contributed by atoms with Crippen molar-refractivity contribution < 1.29 is 4.74 Å². The van der Waals surface area contributed by atoms with Crippen molar-refractivity contribution in [2.45, 2.75) is 33.9 Å². The van der Waals surface area contributed by atoms with E-state index in [1.807, 2.05) is 11.3 Å². The molecule has 1 saturated heterocycles. The highest BCUT2D eigenvalue weighted by Crippen LogP contribution is 2.33. The molecule has 0 bridgehead atoms. The van der Waals surface area contributed by atoms with Crippen LogP contribution >= 0.6 is 11.3 Å². The van der Waals surface area contributed by atoms with E-state index in [-0.39, 0.29) is 0 Å². The van der Waals surface area contributed by atoms with Gasteiger partial charge in [-0.2, -0.15) is 0 Å². The van der Waals surface area contributed by atoms with E-state index in [4.69, 9.17) is 4.74 Å². The molecule has 0 aliphatic carbocycles. The molecule has 18 heavy (non-hydrogen) atoms. The zero-order chi connectivity index (χ0) is 13.3. The molecule has 1 aliphatic rings. The van der Waals surface area contributed by atoms with Crippen molar-refractivity contribution in [3.8, 4) is 5.75 Å². The lowest BCUT2D eigenvalue weighted by molar-refractivity contribution is 0.150. The largest absolute Gasteiger partial charge is 0.491 e. The van der Waals surface area contributed by atoms with Crippen molar-refractivity contribution in [2.75, 3.05) is 33.3 Å². The van der Waals surface area contributed by atoms with Gasteiger partial charge in [-0.05, 0) is 34.7 Å². The van der Waals surface area contributed by atoms with Crippen molar-refractivity contribution in [3.63, 3.8) is 0 Å². The van der Waals surface area contributed by atoms with Crippen molar-refractivity contribution >= 4 is 11.3 Å². The van der Waals surface area contributed by atoms with Gasteiger partial charge in [-0.1, -0.05) is 0 Å². The lowest BCUT2D eigenvalue weighted by Gasteiger charge is -2.24. The second-order valence-electron chi connectivity index (χ2n) is 5.17. The van der Waals surface area contributed by atoms with Crippen LogP contribution in [0.3, 0.4) is 0 Å². The van der Waals surface area contributed by atoms with Gasteiger partial charge in [-0.3, -0.25) is 9.80 Å². The van der Waals surface area contributed by atoms with Gasteiger partial charge in [0.25, 0.3) is 0 Å². The Morgan fingerprint density at radius 1 is 1.22 bits per heavy atom. The third kappa shape index (κ3) is 2.71. The molecule has 0 saturated carbocycles. The first kappa shape index (κ1) is 13.8. The van der Waals surface area contributed by atoms with Crippen LogP contribution in [0.1, 0.15) is 22.2 Å². The minimum absolute atomic E-state index is 0.542. The third-order valence-corrected chi connectivity index (χ3v) is 5.13. The third-order valence-electron chi connectivity index (χ3n) is 4.03. The van der Waals surface area contributed by atoms with E-state index in [0.717, 1.165) is 32.0 Å². The molecule has 1 fully saturated rings. The Hall–Kier alpha value is -0.580. The second-order valence-corrected chi connectivity index (χ2v) is 6.59. The Morgan fingerprint density at radius 2 is 1.94 bits per heavy atom. The summed E-state index contributed by atoms with van der Waals surface area (Å²) < 4.78 is 5.98. The summed E-state index contributed by atoms with van der Waals surface area (Å²) in [4.78, 5) is 7.53. The zero-order valence-electron chi connectivity index (χ0n) is 12.1. The lowest BCUT2D eigenvalue weighted by Crippen LogP contribution is -2.36. The molecule has 3 nitrogen and oxygen atoms in total. The molecule has 0 spiro atoms. The highest BCUT2D eigenvalue weighted by molar-refractivity contribution is 7.12. The standard InChI is InChI=1S/C14H24N2OS/c1-10-11(2)18-12(3)14(10)17-9-8-16-7-6-15(5)13(16)4/h13H,6-9H2,1-5H3. The molecule has 2 heterocycles. The molecule has 2 rings (SSSR count). The van der Waals surface area contributed by atoms with Crippen LogP contribution in [0, 0.1) is 20.8 Å². The molecule has 0 N–H and O–H groups in total. The summed E-state index contributed by atoms with van der Waals surface area (Å²) in [6.45, 7) is 12.8. The quantitative estimate of drug-likeness (QED) is 0.835. The predicted octanol–water partition coefficient (Wildman–Crippen LogP) is 2.65. The van der Waals surface area contributed by atoms with Gasteiger partial charge in [0.1, 0.15) is 12.4 Å². The maximum absolute atomic E-state index is 5.98. The molecule has 4 heteroatoms. The van der Waals surface area contributed by atoms with Crippen LogP contribution in [-0.4, -0.2) is 49.3 Å². The fourth-order valence-corrected chi connectivity index (χ4v) is 3.50. The predicted molar refractivity (Wildman–Crippen MR) is 77.7 cm³/mol. The van der Waals surface area contributed by atoms with E-state index in [9.17, 15) is 0 Å². The Kier molecular flexibility index (Phi) is 4.30. The van der Waals surface area contributed by atoms with Gasteiger partial charge >= 0.3 is 0 Å². The number of hydrogen-bond donors (Lipinski definition) is 0. The van der Waals surface area contributed by atoms with Gasteiger partial charge in [0.15, 0.2) is 0 Å². The average Bonchev–Trinajstić information content (AvgIpc) is 2.76. The molecule has 0 amide bonds. The summed E-state index contributed by atoms with van der Waals surface area (Å²) in [5.74, 6) is 1.11. The lowest BCUT2D eigenvalue weighted by atomic mass is 10.2. The van der Waals surface area contributed by atoms with Crippen LogP contribution in [-0.2, 0) is 0 Å². The van der Waals surface area contributed by atoms with Gasteiger partial charge in [0, 0.05) is 35.0 Å². The van der Waals surface area contributed by atoms with Crippen molar-refractivity contribution in [1.29, 1.82) is 0 Å². The monoisotopic (exact) mass is 268 g/mol. The Balaban J connectivity index is 1.85. The molecule has 1 aliphatic heterocycles. The molecule has 0 aromatic carbocycles. The van der Waals surface area contributed by atoms with E-state index in [1.54, 1.807) is 0 Å². The maximum atomic E-state index is 5.98. The van der Waals surface area contributed by atoms with Crippen LogP contribution in [0.25, 0.3) is 0 Å². The van der Waals surface area contributed by atoms with E-state index in [2.05, 4.69) is 44.5 Å². The van der Waals surface area contributed by atoms with E-state index in [1.165, 1.54) is 15.3 Å². The number of ether oxygens (including phenoxy) is 1. The summed E-state index contributed by atoms with van der Waals surface area (Å²) in [5, 5.41) is 0. The van der Waals surface area contributed by atoms with Crippen LogP contribution in [0.4, 0.5) is 0 Å². The van der Waals surface area contributed by atoms with Gasteiger partial charge in [-0.25, -0.2) is 0 Å². The van der Waals surface area contributed by atoms with E-state index in [0.29, 0.717) is 6.17 Å². The van der Waals surface area contributed by atoms with Crippen molar-refractivity contribution in [1.82, 2.24) is 9.80 Å². The number of thiophene rings is 1. The normalized spacial score (nSPS) is 21.7. The number of hydrogen-bond acceptors (Lipinski definition) is 4. The molecular formula is C14H24N2OS. The number of rotatable bonds is 4. The summed E-state index contributed by atoms with van der Waals surface area (Å²) >= 11 is 1.83. The van der Waals surface area contributed by atoms with E-state index >= 15 is 0 Å². The molecule has 1 aromatic heterocycles. The van der Waals surface area contributed by atoms with E-state index < -0.39 is 0 Å². The second kappa shape index (κ2) is 5.59. The molecule has 1 aromatic rings. The topological polar surface area (TPSA) is 15.7 Å². The minimum Gasteiger partial charge on any atom is -0.491 e. The van der Waals surface area contributed by atoms with Crippen LogP contribution in [0.15, 0.2) is 0 Å². The van der Waals surface area contributed by atoms with Gasteiger partial charge < -0.3 is 4.74 Å². The first-order valence-electron chi connectivity index (χ1n) is 6.64. The number of nitrogens with zero attached hydrogens (tertiary/aromatic N) is 2. The molecule has 0 radical (unpaired) electrons.